The topological polar surface area (TPSA) is 38.8 Å². The molecule has 5 heteroatoms. The van der Waals surface area contributed by atoms with E-state index in [0.717, 1.165) is 37.6 Å². The fourth-order valence-corrected chi connectivity index (χ4v) is 2.89. The Balaban J connectivity index is 0.000000807. The minimum atomic E-state index is 0. The number of hydrogen-bond donors (Lipinski definition) is 0. The number of benzene rings is 2. The van der Waals surface area contributed by atoms with Crippen LogP contribution in [0, 0.1) is 0 Å². The molecule has 0 unspecified atom stereocenters. The van der Waals surface area contributed by atoms with Crippen molar-refractivity contribution in [1.82, 2.24) is 0 Å². The van der Waals surface area contributed by atoms with Gasteiger partial charge in [0, 0.05) is 29.6 Å². The van der Waals surface area contributed by atoms with Gasteiger partial charge in [0.2, 0.25) is 0 Å². The van der Waals surface area contributed by atoms with E-state index in [9.17, 15) is 0 Å². The quantitative estimate of drug-likeness (QED) is 0.504. The first-order valence-electron chi connectivity index (χ1n) is 6.70. The summed E-state index contributed by atoms with van der Waals surface area (Å²) in [5.74, 6) is 0. The van der Waals surface area contributed by atoms with E-state index in [1.165, 1.54) is 21.9 Å². The first kappa shape index (κ1) is 16.4. The molecule has 0 radical (unpaired) electrons. The van der Waals surface area contributed by atoms with Crippen LogP contribution in [0.3, 0.4) is 0 Å². The zero-order valence-corrected chi connectivity index (χ0v) is 14.4. The summed E-state index contributed by atoms with van der Waals surface area (Å²) >= 11 is 0. The van der Waals surface area contributed by atoms with Crippen molar-refractivity contribution in [3.63, 3.8) is 0 Å². The van der Waals surface area contributed by atoms with E-state index >= 15 is 0 Å². The molecule has 1 aliphatic heterocycles. The van der Waals surface area contributed by atoms with Crippen molar-refractivity contribution in [2.75, 3.05) is 26.2 Å². The van der Waals surface area contributed by atoms with Crippen LogP contribution in [0.4, 0.5) is 0 Å². The van der Waals surface area contributed by atoms with Crippen molar-refractivity contribution >= 4 is 22.2 Å². The van der Waals surface area contributed by atoms with Gasteiger partial charge in [-0.1, -0.05) is 36.4 Å². The van der Waals surface area contributed by atoms with Gasteiger partial charge in [-0.3, -0.25) is 9.98 Å². The zero-order valence-electron chi connectivity index (χ0n) is 11.3. The first-order valence-corrected chi connectivity index (χ1v) is 6.70. The van der Waals surface area contributed by atoms with Crippen LogP contribution < -0.4 is 12.4 Å². The second-order valence-electron chi connectivity index (χ2n) is 4.84. The maximum atomic E-state index is 4.74. The molecule has 0 aromatic heterocycles. The van der Waals surface area contributed by atoms with Gasteiger partial charge in [0.05, 0.1) is 11.4 Å². The molecule has 21 heavy (non-hydrogen) atoms. The average Bonchev–Trinajstić information content (AvgIpc) is 2.80. The summed E-state index contributed by atoms with van der Waals surface area (Å²) in [5, 5.41) is 6.99. The van der Waals surface area contributed by atoms with E-state index in [-0.39, 0.29) is 33.5 Å². The van der Waals surface area contributed by atoms with Crippen LogP contribution in [0.1, 0.15) is 11.1 Å². The molecule has 0 fully saturated rings. The monoisotopic (exact) mass is 478 g/mol. The Hall–Kier alpha value is -1.02. The molecule has 4 rings (SSSR count). The number of aliphatic imine (C=N–C) groups is 2. The second-order valence-corrected chi connectivity index (χ2v) is 4.84. The summed E-state index contributed by atoms with van der Waals surface area (Å²) in [6.45, 7) is 3.13. The molecular formula is C16H14ClN3Pt. The van der Waals surface area contributed by atoms with Gasteiger partial charge in [-0.15, -0.1) is 13.1 Å². The maximum Gasteiger partial charge on any atom is 2.00 e. The molecule has 1 heterocycles. The molecule has 2 aromatic rings. The minimum absolute atomic E-state index is 0. The van der Waals surface area contributed by atoms with Crippen molar-refractivity contribution in [3.05, 3.63) is 52.8 Å². The van der Waals surface area contributed by atoms with Gasteiger partial charge < -0.3 is 17.7 Å². The Morgan fingerprint density at radius 3 is 1.86 bits per heavy atom. The van der Waals surface area contributed by atoms with E-state index in [0.29, 0.717) is 0 Å². The zero-order chi connectivity index (χ0) is 12.7. The SMILES string of the molecule is [Cl-].[Pt+2].c1cc2c3c(cccc3c1)C1=NCC[N-]CCN=C12. The third kappa shape index (κ3) is 2.70. The Bertz CT molecular complexity index is 668. The van der Waals surface area contributed by atoms with Crippen LogP contribution in [0.25, 0.3) is 16.1 Å². The van der Waals surface area contributed by atoms with E-state index < -0.39 is 0 Å². The molecule has 3 nitrogen and oxygen atoms in total. The largest absolute Gasteiger partial charge is 2.00 e. The minimum Gasteiger partial charge on any atom is -1.00 e. The number of rotatable bonds is 0. The number of halogens is 1. The van der Waals surface area contributed by atoms with Gasteiger partial charge in [0.25, 0.3) is 0 Å². The Morgan fingerprint density at radius 2 is 1.33 bits per heavy atom. The van der Waals surface area contributed by atoms with Crippen LogP contribution >= 0.6 is 0 Å². The van der Waals surface area contributed by atoms with Crippen LogP contribution in [0.2, 0.25) is 0 Å². The van der Waals surface area contributed by atoms with Gasteiger partial charge in [0.15, 0.2) is 0 Å². The normalized spacial score (nSPS) is 16.4. The molecule has 0 spiro atoms. The summed E-state index contributed by atoms with van der Waals surface area (Å²) in [4.78, 5) is 9.47. The second kappa shape index (κ2) is 6.83. The van der Waals surface area contributed by atoms with Gasteiger partial charge in [-0.05, 0) is 5.39 Å². The van der Waals surface area contributed by atoms with E-state index in [2.05, 4.69) is 41.7 Å². The molecule has 110 valence electrons. The Labute approximate surface area is 144 Å². The molecule has 1 aliphatic carbocycles. The average molecular weight is 479 g/mol. The van der Waals surface area contributed by atoms with Gasteiger partial charge in [0.1, 0.15) is 0 Å². The van der Waals surface area contributed by atoms with Crippen molar-refractivity contribution in [1.29, 1.82) is 0 Å². The third-order valence-electron chi connectivity index (χ3n) is 3.70. The van der Waals surface area contributed by atoms with Crippen LogP contribution in [-0.4, -0.2) is 37.6 Å². The maximum absolute atomic E-state index is 4.74. The number of hydrogen-bond acceptors (Lipinski definition) is 2. The van der Waals surface area contributed by atoms with Crippen molar-refractivity contribution in [3.8, 4) is 0 Å². The predicted molar refractivity (Wildman–Crippen MR) is 79.8 cm³/mol. The van der Waals surface area contributed by atoms with Gasteiger partial charge in [-0.2, -0.15) is 0 Å². The smallest absolute Gasteiger partial charge is 1.00 e. The molecule has 0 atom stereocenters. The number of nitrogens with zero attached hydrogens (tertiary/aromatic N) is 3. The van der Waals surface area contributed by atoms with E-state index in [4.69, 9.17) is 9.98 Å². The van der Waals surface area contributed by atoms with Crippen molar-refractivity contribution in [2.45, 2.75) is 0 Å². The first-order chi connectivity index (χ1) is 9.45. The summed E-state index contributed by atoms with van der Waals surface area (Å²) in [6, 6.07) is 12.8. The van der Waals surface area contributed by atoms with Crippen LogP contribution in [-0.2, 0) is 21.1 Å². The Kier molecular flexibility index (Phi) is 5.31. The molecule has 2 aliphatic rings. The summed E-state index contributed by atoms with van der Waals surface area (Å²) in [6.07, 6.45) is 0. The van der Waals surface area contributed by atoms with Crippen molar-refractivity contribution in [2.24, 2.45) is 9.98 Å². The van der Waals surface area contributed by atoms with Crippen molar-refractivity contribution < 1.29 is 33.5 Å². The van der Waals surface area contributed by atoms with E-state index in [1.54, 1.807) is 0 Å². The molecule has 0 saturated heterocycles. The van der Waals surface area contributed by atoms with E-state index in [1.807, 2.05) is 0 Å². The molecule has 0 N–H and O–H groups in total. The molecule has 0 bridgehead atoms. The molecular weight excluding hydrogens is 465 g/mol. The van der Waals surface area contributed by atoms with Gasteiger partial charge in [-0.25, -0.2) is 0 Å². The number of fused-ring (bicyclic) bond motifs is 3. The molecule has 2 aromatic carbocycles. The van der Waals surface area contributed by atoms with Crippen LogP contribution in [0.5, 0.6) is 0 Å². The third-order valence-corrected chi connectivity index (χ3v) is 3.70. The summed E-state index contributed by atoms with van der Waals surface area (Å²) < 4.78 is 0. The van der Waals surface area contributed by atoms with Crippen LogP contribution in [0.15, 0.2) is 46.4 Å². The summed E-state index contributed by atoms with van der Waals surface area (Å²) in [7, 11) is 0. The molecule has 0 saturated carbocycles. The van der Waals surface area contributed by atoms with Gasteiger partial charge >= 0.3 is 21.1 Å². The summed E-state index contributed by atoms with van der Waals surface area (Å²) in [5.41, 5.74) is 4.58. The predicted octanol–water partition coefficient (Wildman–Crippen LogP) is -0.180. The fraction of sp³-hybridized carbons (Fsp3) is 0.250. The fourth-order valence-electron chi connectivity index (χ4n) is 2.89. The Morgan fingerprint density at radius 1 is 0.810 bits per heavy atom. The molecule has 0 amide bonds. The standard InChI is InChI=1S/C16H14N3.ClH.Pt/c1-3-11-4-2-6-13-14(11)12(5-1)15-16(13)19-10-8-17-7-9-18-15;;/h1-6H,7-10H2;1H;/q-1;;+2/p-1.